The van der Waals surface area contributed by atoms with E-state index < -0.39 is 0 Å². The Morgan fingerprint density at radius 3 is 0.970 bits per heavy atom. The molecule has 0 atom stereocenters. The second-order valence-corrected chi connectivity index (χ2v) is 16.1. The van der Waals surface area contributed by atoms with Crippen LogP contribution in [0.15, 0.2) is 243 Å². The van der Waals surface area contributed by atoms with Crippen molar-refractivity contribution < 1.29 is 20.1 Å². The van der Waals surface area contributed by atoms with Crippen molar-refractivity contribution in [1.82, 2.24) is 15.0 Å². The van der Waals surface area contributed by atoms with Crippen LogP contribution in [0.3, 0.4) is 0 Å². The van der Waals surface area contributed by atoms with Gasteiger partial charge in [0.25, 0.3) is 0 Å². The van der Waals surface area contributed by atoms with Gasteiger partial charge < -0.3 is 9.97 Å². The number of nitrogens with zero attached hydrogens (tertiary/aromatic N) is 3. The van der Waals surface area contributed by atoms with E-state index in [9.17, 15) is 0 Å². The largest absolute Gasteiger partial charge is 3.00 e. The summed E-state index contributed by atoms with van der Waals surface area (Å²) in [6, 6.07) is 91.1. The van der Waals surface area contributed by atoms with Crippen molar-refractivity contribution >= 4 is 0 Å². The molecule has 0 aliphatic carbocycles. The maximum absolute atomic E-state index is 5.01. The molecule has 11 aromatic rings. The van der Waals surface area contributed by atoms with Crippen LogP contribution in [-0.4, -0.2) is 15.0 Å². The van der Waals surface area contributed by atoms with Crippen molar-refractivity contribution in [2.45, 2.75) is 0 Å². The van der Waals surface area contributed by atoms with Crippen molar-refractivity contribution in [2.24, 2.45) is 0 Å². The fraction of sp³-hybridized carbons (Fsp3) is 0. The number of hydrogen-bond donors (Lipinski definition) is 0. The van der Waals surface area contributed by atoms with Crippen LogP contribution in [0, 0.1) is 18.2 Å². The molecule has 3 heterocycles. The maximum atomic E-state index is 5.01. The number of rotatable bonds is 10. The van der Waals surface area contributed by atoms with Gasteiger partial charge in [-0.1, -0.05) is 173 Å². The summed E-state index contributed by atoms with van der Waals surface area (Å²) in [5.74, 6) is 0. The van der Waals surface area contributed by atoms with Gasteiger partial charge >= 0.3 is 20.1 Å². The zero-order valence-electron chi connectivity index (χ0n) is 36.3. The van der Waals surface area contributed by atoms with Gasteiger partial charge in [0.15, 0.2) is 0 Å². The van der Waals surface area contributed by atoms with Gasteiger partial charge in [-0.05, 0) is 92.4 Å². The van der Waals surface area contributed by atoms with Crippen molar-refractivity contribution in [3.05, 3.63) is 261 Å². The van der Waals surface area contributed by atoms with Gasteiger partial charge in [0, 0.05) is 12.4 Å². The zero-order valence-corrected chi connectivity index (χ0v) is 38.7. The summed E-state index contributed by atoms with van der Waals surface area (Å²) in [6.45, 7) is 0. The van der Waals surface area contributed by atoms with E-state index in [1.807, 2.05) is 73.1 Å². The van der Waals surface area contributed by atoms with E-state index in [4.69, 9.17) is 4.98 Å². The number of pyridine rings is 3. The summed E-state index contributed by atoms with van der Waals surface area (Å²) in [7, 11) is 0. The summed E-state index contributed by atoms with van der Waals surface area (Å²) in [5, 5.41) is 0. The van der Waals surface area contributed by atoms with Crippen LogP contribution in [0.5, 0.6) is 0 Å². The van der Waals surface area contributed by atoms with E-state index in [2.05, 4.69) is 198 Å². The molecule has 0 saturated carbocycles. The van der Waals surface area contributed by atoms with Crippen molar-refractivity contribution in [3.8, 4) is 112 Å². The Labute approximate surface area is 405 Å². The molecule has 0 bridgehead atoms. The van der Waals surface area contributed by atoms with Gasteiger partial charge in [-0.25, -0.2) is 0 Å². The van der Waals surface area contributed by atoms with Crippen molar-refractivity contribution in [1.29, 1.82) is 0 Å². The van der Waals surface area contributed by atoms with Crippen LogP contribution in [0.4, 0.5) is 0 Å². The Bertz CT molecular complexity index is 3280. The van der Waals surface area contributed by atoms with Crippen LogP contribution in [0.25, 0.3) is 112 Å². The number of aromatic nitrogens is 3. The summed E-state index contributed by atoms with van der Waals surface area (Å²) in [5.41, 5.74) is 20.9. The van der Waals surface area contributed by atoms with E-state index in [1.165, 1.54) is 0 Å². The van der Waals surface area contributed by atoms with Crippen LogP contribution in [0.2, 0.25) is 0 Å². The molecule has 0 saturated heterocycles. The van der Waals surface area contributed by atoms with Crippen LogP contribution in [-0.2, 0) is 20.1 Å². The predicted octanol–water partition coefficient (Wildman–Crippen LogP) is 15.9. The Hall–Kier alpha value is -8.14. The third-order valence-corrected chi connectivity index (χ3v) is 12.0. The summed E-state index contributed by atoms with van der Waals surface area (Å²) >= 11 is 0. The fourth-order valence-corrected chi connectivity index (χ4v) is 8.71. The SMILES string of the molecule is [Ir+3].[c-]1cc(-c2ccccc2-c2cc(-c3ccccc3-c3c[c-]c(-c4ccccn4)cc3)cc(-c3ccccc3-c3c[c-]c(-c4cccc(-c5ccccc5)n4)cc3)c2)ccc1-c1ccccn1. The number of benzene rings is 8. The fourth-order valence-electron chi connectivity index (χ4n) is 8.71. The van der Waals surface area contributed by atoms with Gasteiger partial charge in [0.1, 0.15) is 0 Å². The van der Waals surface area contributed by atoms with Crippen LogP contribution < -0.4 is 0 Å². The average Bonchev–Trinajstić information content (AvgIpc) is 3.42. The molecule has 3 aromatic heterocycles. The molecule has 8 aromatic carbocycles. The third-order valence-electron chi connectivity index (χ3n) is 12.0. The van der Waals surface area contributed by atoms with Crippen LogP contribution >= 0.6 is 0 Å². The molecule has 4 heteroatoms. The average molecular weight is 1030 g/mol. The topological polar surface area (TPSA) is 38.7 Å². The minimum atomic E-state index is 0. The molecule has 0 aliphatic rings. The smallest absolute Gasteiger partial charge is 0.305 e. The molecule has 316 valence electrons. The normalized spacial score (nSPS) is 10.9. The third kappa shape index (κ3) is 9.10. The van der Waals surface area contributed by atoms with E-state index in [1.54, 1.807) is 0 Å². The molecule has 0 amide bonds. The second-order valence-electron chi connectivity index (χ2n) is 16.1. The Kier molecular flexibility index (Phi) is 12.5. The van der Waals surface area contributed by atoms with Gasteiger partial charge in [-0.3, -0.25) is 4.98 Å². The molecule has 0 aliphatic heterocycles. The summed E-state index contributed by atoms with van der Waals surface area (Å²) in [6.07, 6.45) is 3.64. The van der Waals surface area contributed by atoms with E-state index in [0.29, 0.717) is 0 Å². The summed E-state index contributed by atoms with van der Waals surface area (Å²) in [4.78, 5) is 14.1. The van der Waals surface area contributed by atoms with E-state index in [-0.39, 0.29) is 20.1 Å². The first-order valence-corrected chi connectivity index (χ1v) is 22.1. The van der Waals surface area contributed by atoms with Gasteiger partial charge in [0.05, 0.1) is 5.69 Å². The Balaban J connectivity index is 0.00000525. The molecule has 0 radical (unpaired) electrons. The van der Waals surface area contributed by atoms with Gasteiger partial charge in [-0.2, -0.15) is 0 Å². The minimum absolute atomic E-state index is 0. The molecule has 3 nitrogen and oxygen atoms in total. The first-order valence-electron chi connectivity index (χ1n) is 22.1. The van der Waals surface area contributed by atoms with Gasteiger partial charge in [0.2, 0.25) is 0 Å². The molecular weight excluding hydrogens is 991 g/mol. The van der Waals surface area contributed by atoms with E-state index in [0.717, 1.165) is 112 Å². The number of hydrogen-bond acceptors (Lipinski definition) is 3. The molecule has 11 rings (SSSR count). The molecule has 0 fully saturated rings. The quantitative estimate of drug-likeness (QED) is 0.128. The predicted molar refractivity (Wildman–Crippen MR) is 271 cm³/mol. The maximum Gasteiger partial charge on any atom is 3.00 e. The molecule has 0 N–H and O–H groups in total. The molecule has 67 heavy (non-hydrogen) atoms. The zero-order chi connectivity index (χ0) is 44.1. The molecular formula is C63H40IrN3. The Morgan fingerprint density at radius 1 is 0.254 bits per heavy atom. The monoisotopic (exact) mass is 1030 g/mol. The summed E-state index contributed by atoms with van der Waals surface area (Å²) < 4.78 is 0. The standard InChI is InChI=1S/C63H40N3.Ir/c1-2-15-47(16-3-1)62-25-14-26-63(66-62)50-37-31-46(32-38-50)56-19-6-9-22-59(56)53-42-51(57-20-7-4-17-54(57)44-27-33-48(34-28-44)60-23-10-12-39-64-60)41-52(43-53)58-21-8-5-18-55(58)45-29-35-49(36-30-45)61-24-11-13-40-65-61;/h1-33,35,37,39-43H;/q-3;+3. The van der Waals surface area contributed by atoms with Crippen LogP contribution in [0.1, 0.15) is 0 Å². The second kappa shape index (κ2) is 19.5. The van der Waals surface area contributed by atoms with Crippen molar-refractivity contribution in [3.63, 3.8) is 0 Å². The van der Waals surface area contributed by atoms with E-state index >= 15 is 0 Å². The van der Waals surface area contributed by atoms with Gasteiger partial charge in [-0.15, -0.1) is 89.5 Å². The van der Waals surface area contributed by atoms with Crippen molar-refractivity contribution in [2.75, 3.05) is 0 Å². The first kappa shape index (κ1) is 42.8. The minimum Gasteiger partial charge on any atom is -0.305 e. The molecule has 0 spiro atoms. The first-order chi connectivity index (χ1) is 32.7. The Morgan fingerprint density at radius 2 is 0.597 bits per heavy atom. The molecule has 0 unspecified atom stereocenters.